The van der Waals surface area contributed by atoms with Gasteiger partial charge in [-0.15, -0.1) is 0 Å². The lowest BCUT2D eigenvalue weighted by Crippen LogP contribution is -2.32. The Morgan fingerprint density at radius 2 is 2.07 bits per heavy atom. The van der Waals surface area contributed by atoms with Crippen molar-refractivity contribution in [2.24, 2.45) is 0 Å². The molecule has 1 aliphatic rings. The quantitative estimate of drug-likeness (QED) is 0.718. The van der Waals surface area contributed by atoms with E-state index in [0.717, 1.165) is 22.8 Å². The summed E-state index contributed by atoms with van der Waals surface area (Å²) in [6, 6.07) is 19.5. The molecule has 1 aliphatic heterocycles. The summed E-state index contributed by atoms with van der Waals surface area (Å²) >= 11 is 0. The normalized spacial score (nSPS) is 16.3. The van der Waals surface area contributed by atoms with Gasteiger partial charge >= 0.3 is 0 Å². The maximum absolute atomic E-state index is 12.8. The average molecular weight is 357 g/mol. The molecule has 5 heteroatoms. The molecular formula is C22H19N3O2. The SMILES string of the molecule is N#Cc1ccnc(OC2CCN(C(=O)Cc3cccc4ccccc34)C2)c1. The van der Waals surface area contributed by atoms with Gasteiger partial charge in [-0.2, -0.15) is 5.26 Å². The standard InChI is InChI=1S/C22H19N3O2/c23-14-16-8-10-24-21(12-16)27-19-9-11-25(15-19)22(26)13-18-6-3-5-17-4-1-2-7-20(17)18/h1-8,10,12,19H,9,11,13,15H2. The lowest BCUT2D eigenvalue weighted by atomic mass is 10.0. The molecule has 1 aromatic heterocycles. The molecule has 1 unspecified atom stereocenters. The number of fused-ring (bicyclic) bond motifs is 1. The summed E-state index contributed by atoms with van der Waals surface area (Å²) in [6.07, 6.45) is 2.62. The van der Waals surface area contributed by atoms with E-state index in [1.54, 1.807) is 18.3 Å². The Kier molecular flexibility index (Phi) is 4.71. The predicted molar refractivity (Wildman–Crippen MR) is 102 cm³/mol. The van der Waals surface area contributed by atoms with Gasteiger partial charge in [0.15, 0.2) is 0 Å². The number of likely N-dealkylation sites (tertiary alicyclic amines) is 1. The fraction of sp³-hybridized carbons (Fsp3) is 0.227. The molecule has 1 fully saturated rings. The van der Waals surface area contributed by atoms with Gasteiger partial charge in [-0.25, -0.2) is 4.98 Å². The highest BCUT2D eigenvalue weighted by Crippen LogP contribution is 2.22. The molecule has 0 radical (unpaired) electrons. The number of nitrogens with zero attached hydrogens (tertiary/aromatic N) is 3. The van der Waals surface area contributed by atoms with Crippen LogP contribution in [0.4, 0.5) is 0 Å². The van der Waals surface area contributed by atoms with Crippen molar-refractivity contribution in [3.8, 4) is 11.9 Å². The molecule has 134 valence electrons. The summed E-state index contributed by atoms with van der Waals surface area (Å²) < 4.78 is 5.86. The fourth-order valence-corrected chi connectivity index (χ4v) is 3.49. The van der Waals surface area contributed by atoms with E-state index in [2.05, 4.69) is 29.3 Å². The van der Waals surface area contributed by atoms with Gasteiger partial charge in [0.05, 0.1) is 24.6 Å². The minimum atomic E-state index is -0.0945. The summed E-state index contributed by atoms with van der Waals surface area (Å²) in [5, 5.41) is 11.2. The number of hydrogen-bond donors (Lipinski definition) is 0. The zero-order valence-corrected chi connectivity index (χ0v) is 14.8. The number of benzene rings is 2. The highest BCUT2D eigenvalue weighted by atomic mass is 16.5. The molecule has 0 aliphatic carbocycles. The van der Waals surface area contributed by atoms with Gasteiger partial charge in [0, 0.05) is 25.2 Å². The molecule has 1 saturated heterocycles. The molecule has 27 heavy (non-hydrogen) atoms. The molecule has 2 heterocycles. The Hall–Kier alpha value is -3.39. The van der Waals surface area contributed by atoms with Crippen molar-refractivity contribution < 1.29 is 9.53 Å². The first kappa shape index (κ1) is 17.0. The van der Waals surface area contributed by atoms with Crippen molar-refractivity contribution in [3.63, 3.8) is 0 Å². The van der Waals surface area contributed by atoms with E-state index in [-0.39, 0.29) is 12.0 Å². The van der Waals surface area contributed by atoms with Crippen LogP contribution in [0.25, 0.3) is 10.8 Å². The lowest BCUT2D eigenvalue weighted by molar-refractivity contribution is -0.129. The van der Waals surface area contributed by atoms with E-state index >= 15 is 0 Å². The Morgan fingerprint density at radius 1 is 1.22 bits per heavy atom. The minimum Gasteiger partial charge on any atom is -0.472 e. The van der Waals surface area contributed by atoms with Crippen LogP contribution in [0.3, 0.4) is 0 Å². The summed E-state index contributed by atoms with van der Waals surface area (Å²) in [5.74, 6) is 0.540. The van der Waals surface area contributed by atoms with Crippen molar-refractivity contribution in [1.29, 1.82) is 5.26 Å². The van der Waals surface area contributed by atoms with E-state index in [9.17, 15) is 4.79 Å². The third-order valence-corrected chi connectivity index (χ3v) is 4.87. The second kappa shape index (κ2) is 7.46. The first-order valence-corrected chi connectivity index (χ1v) is 9.00. The average Bonchev–Trinajstić information content (AvgIpc) is 3.17. The van der Waals surface area contributed by atoms with Gasteiger partial charge < -0.3 is 9.64 Å². The van der Waals surface area contributed by atoms with Gasteiger partial charge in [-0.1, -0.05) is 42.5 Å². The Morgan fingerprint density at radius 3 is 2.96 bits per heavy atom. The van der Waals surface area contributed by atoms with E-state index in [1.165, 1.54) is 0 Å². The van der Waals surface area contributed by atoms with E-state index in [0.29, 0.717) is 31.0 Å². The second-order valence-electron chi connectivity index (χ2n) is 6.68. The van der Waals surface area contributed by atoms with E-state index < -0.39 is 0 Å². The minimum absolute atomic E-state index is 0.0945. The molecule has 1 amide bonds. The molecular weight excluding hydrogens is 338 g/mol. The van der Waals surface area contributed by atoms with E-state index in [4.69, 9.17) is 10.00 Å². The van der Waals surface area contributed by atoms with Crippen LogP contribution in [-0.2, 0) is 11.2 Å². The number of carbonyl (C=O) groups excluding carboxylic acids is 1. The van der Waals surface area contributed by atoms with Gasteiger partial charge in [0.1, 0.15) is 6.10 Å². The fourth-order valence-electron chi connectivity index (χ4n) is 3.49. The summed E-state index contributed by atoms with van der Waals surface area (Å²) in [6.45, 7) is 1.22. The number of hydrogen-bond acceptors (Lipinski definition) is 4. The molecule has 4 rings (SSSR count). The largest absolute Gasteiger partial charge is 0.472 e. The Labute approximate surface area is 157 Å². The molecule has 0 saturated carbocycles. The maximum Gasteiger partial charge on any atom is 0.227 e. The number of ether oxygens (including phenoxy) is 1. The van der Waals surface area contributed by atoms with E-state index in [1.807, 2.05) is 29.2 Å². The number of carbonyl (C=O) groups is 1. The smallest absolute Gasteiger partial charge is 0.227 e. The third kappa shape index (κ3) is 3.75. The van der Waals surface area contributed by atoms with Gasteiger partial charge in [-0.05, 0) is 22.4 Å². The predicted octanol–water partition coefficient (Wildman–Crippen LogP) is 3.33. The highest BCUT2D eigenvalue weighted by Gasteiger charge is 2.28. The number of rotatable bonds is 4. The molecule has 3 aromatic rings. The Bertz CT molecular complexity index is 1020. The highest BCUT2D eigenvalue weighted by molar-refractivity contribution is 5.90. The molecule has 1 atom stereocenters. The molecule has 5 nitrogen and oxygen atoms in total. The first-order chi connectivity index (χ1) is 13.2. The zero-order chi connectivity index (χ0) is 18.6. The van der Waals surface area contributed by atoms with Crippen molar-refractivity contribution in [2.75, 3.05) is 13.1 Å². The monoisotopic (exact) mass is 357 g/mol. The van der Waals surface area contributed by atoms with Crippen LogP contribution in [0.15, 0.2) is 60.8 Å². The Balaban J connectivity index is 1.41. The number of aromatic nitrogens is 1. The van der Waals surface area contributed by atoms with Crippen LogP contribution in [0.2, 0.25) is 0 Å². The lowest BCUT2D eigenvalue weighted by Gasteiger charge is -2.17. The third-order valence-electron chi connectivity index (χ3n) is 4.87. The van der Waals surface area contributed by atoms with Crippen LogP contribution in [0.1, 0.15) is 17.5 Å². The van der Waals surface area contributed by atoms with Crippen LogP contribution in [0, 0.1) is 11.3 Å². The van der Waals surface area contributed by atoms with Gasteiger partial charge in [0.25, 0.3) is 0 Å². The molecule has 2 aromatic carbocycles. The van der Waals surface area contributed by atoms with Crippen molar-refractivity contribution in [3.05, 3.63) is 71.9 Å². The topological polar surface area (TPSA) is 66.2 Å². The van der Waals surface area contributed by atoms with Crippen molar-refractivity contribution in [2.45, 2.75) is 18.9 Å². The number of pyridine rings is 1. The summed E-state index contributed by atoms with van der Waals surface area (Å²) in [7, 11) is 0. The van der Waals surface area contributed by atoms with Crippen LogP contribution >= 0.6 is 0 Å². The van der Waals surface area contributed by atoms with Crippen LogP contribution in [-0.4, -0.2) is 35.0 Å². The molecule has 0 N–H and O–H groups in total. The van der Waals surface area contributed by atoms with Gasteiger partial charge in [-0.3, -0.25) is 4.79 Å². The summed E-state index contributed by atoms with van der Waals surface area (Å²) in [4.78, 5) is 18.8. The number of amides is 1. The maximum atomic E-state index is 12.8. The molecule has 0 spiro atoms. The number of nitriles is 1. The van der Waals surface area contributed by atoms with Crippen LogP contribution in [0.5, 0.6) is 5.88 Å². The van der Waals surface area contributed by atoms with Crippen molar-refractivity contribution in [1.82, 2.24) is 9.88 Å². The summed E-state index contributed by atoms with van der Waals surface area (Å²) in [5.41, 5.74) is 1.56. The molecule has 0 bridgehead atoms. The van der Waals surface area contributed by atoms with Crippen LogP contribution < -0.4 is 4.74 Å². The second-order valence-corrected chi connectivity index (χ2v) is 6.68. The zero-order valence-electron chi connectivity index (χ0n) is 14.8. The first-order valence-electron chi connectivity index (χ1n) is 9.00. The van der Waals surface area contributed by atoms with Crippen molar-refractivity contribution >= 4 is 16.7 Å². The van der Waals surface area contributed by atoms with Gasteiger partial charge in [0.2, 0.25) is 11.8 Å².